The minimum atomic E-state index is -0.366. The Bertz CT molecular complexity index is 895. The summed E-state index contributed by atoms with van der Waals surface area (Å²) in [5.41, 5.74) is 3.45. The van der Waals surface area contributed by atoms with Crippen LogP contribution in [0.1, 0.15) is 32.1 Å². The lowest BCUT2D eigenvalue weighted by Gasteiger charge is -2.22. The molecule has 1 aliphatic carbocycles. The lowest BCUT2D eigenvalue weighted by atomic mass is 9.95. The molecular formula is C24H31N2O2+. The number of nitrogens with zero attached hydrogens (tertiary/aromatic N) is 1. The second kappa shape index (κ2) is 8.80. The van der Waals surface area contributed by atoms with Gasteiger partial charge < -0.3 is 19.7 Å². The standard InChI is InChI=1S/C24H30N2O2/c1-28-22-13-11-18(12-14-22)24-15-19-7-5-6-10-23(19)26(24)17-21(27)16-25-20-8-3-2-4-9-20/h5-7,10-15,20-21,25,27H,2-4,8-9,16-17H2,1H3/p+1. The van der Waals surface area contributed by atoms with Crippen molar-refractivity contribution in [3.8, 4) is 17.0 Å². The molecule has 0 radical (unpaired) electrons. The molecule has 3 aromatic rings. The molecule has 1 saturated carbocycles. The number of hydrogen-bond donors (Lipinski definition) is 2. The molecule has 1 unspecified atom stereocenters. The number of nitrogens with two attached hydrogens (primary N) is 1. The van der Waals surface area contributed by atoms with E-state index in [1.165, 1.54) is 43.0 Å². The summed E-state index contributed by atoms with van der Waals surface area (Å²) in [7, 11) is 1.69. The molecular weight excluding hydrogens is 348 g/mol. The number of quaternary nitrogens is 1. The second-order valence-electron chi connectivity index (χ2n) is 7.95. The highest BCUT2D eigenvalue weighted by atomic mass is 16.5. The molecule has 1 aliphatic rings. The van der Waals surface area contributed by atoms with Crippen molar-refractivity contribution in [1.29, 1.82) is 0 Å². The fourth-order valence-corrected chi connectivity index (χ4v) is 4.41. The number of fused-ring (bicyclic) bond motifs is 1. The van der Waals surface area contributed by atoms with Gasteiger partial charge in [-0.3, -0.25) is 0 Å². The summed E-state index contributed by atoms with van der Waals surface area (Å²) in [5.74, 6) is 0.855. The topological polar surface area (TPSA) is 51.0 Å². The first-order valence-corrected chi connectivity index (χ1v) is 10.5. The predicted octanol–water partition coefficient (Wildman–Crippen LogP) is 3.57. The zero-order valence-electron chi connectivity index (χ0n) is 16.7. The first kappa shape index (κ1) is 19.0. The van der Waals surface area contributed by atoms with Crippen LogP contribution in [-0.4, -0.2) is 35.5 Å². The molecule has 1 atom stereocenters. The van der Waals surface area contributed by atoms with E-state index < -0.39 is 0 Å². The number of benzene rings is 2. The molecule has 4 rings (SSSR count). The van der Waals surface area contributed by atoms with Gasteiger partial charge in [0.1, 0.15) is 18.4 Å². The fraction of sp³-hybridized carbons (Fsp3) is 0.417. The maximum atomic E-state index is 10.8. The van der Waals surface area contributed by atoms with E-state index in [-0.39, 0.29) is 6.10 Å². The number of aliphatic hydroxyl groups is 1. The van der Waals surface area contributed by atoms with Crippen molar-refractivity contribution in [2.45, 2.75) is 50.8 Å². The van der Waals surface area contributed by atoms with E-state index in [2.05, 4.69) is 52.3 Å². The molecule has 0 saturated heterocycles. The zero-order chi connectivity index (χ0) is 19.3. The molecule has 1 aromatic heterocycles. The summed E-state index contributed by atoms with van der Waals surface area (Å²) in [6.07, 6.45) is 6.25. The molecule has 1 heterocycles. The first-order valence-electron chi connectivity index (χ1n) is 10.5. The fourth-order valence-electron chi connectivity index (χ4n) is 4.41. The van der Waals surface area contributed by atoms with Crippen molar-refractivity contribution >= 4 is 10.9 Å². The molecule has 1 fully saturated rings. The predicted molar refractivity (Wildman–Crippen MR) is 114 cm³/mol. The smallest absolute Gasteiger partial charge is 0.121 e. The molecule has 0 spiro atoms. The van der Waals surface area contributed by atoms with Crippen LogP contribution in [0.3, 0.4) is 0 Å². The molecule has 4 heteroatoms. The van der Waals surface area contributed by atoms with Gasteiger partial charge in [0.2, 0.25) is 0 Å². The van der Waals surface area contributed by atoms with E-state index in [0.717, 1.165) is 23.6 Å². The van der Waals surface area contributed by atoms with Crippen LogP contribution in [0, 0.1) is 0 Å². The Labute approximate surface area is 167 Å². The van der Waals surface area contributed by atoms with Gasteiger partial charge in [0.15, 0.2) is 0 Å². The normalized spacial score (nSPS) is 16.4. The minimum absolute atomic E-state index is 0.366. The van der Waals surface area contributed by atoms with Crippen LogP contribution in [0.5, 0.6) is 5.75 Å². The number of para-hydroxylation sites is 1. The summed E-state index contributed by atoms with van der Waals surface area (Å²) in [5, 5.41) is 14.4. The summed E-state index contributed by atoms with van der Waals surface area (Å²) < 4.78 is 7.56. The van der Waals surface area contributed by atoms with Crippen LogP contribution in [0.15, 0.2) is 54.6 Å². The highest BCUT2D eigenvalue weighted by molar-refractivity contribution is 5.87. The number of methoxy groups -OCH3 is 1. The Hall–Kier alpha value is -2.30. The van der Waals surface area contributed by atoms with E-state index in [1.807, 2.05) is 12.1 Å². The van der Waals surface area contributed by atoms with Gasteiger partial charge in [0, 0.05) is 16.6 Å². The minimum Gasteiger partial charge on any atom is -0.497 e. The van der Waals surface area contributed by atoms with Crippen molar-refractivity contribution in [3.05, 3.63) is 54.6 Å². The van der Waals surface area contributed by atoms with Gasteiger partial charge in [-0.2, -0.15) is 0 Å². The number of ether oxygens (including phenoxy) is 1. The van der Waals surface area contributed by atoms with Crippen molar-refractivity contribution in [1.82, 2.24) is 4.57 Å². The van der Waals surface area contributed by atoms with Crippen molar-refractivity contribution in [2.24, 2.45) is 0 Å². The number of aliphatic hydroxyl groups excluding tert-OH is 1. The van der Waals surface area contributed by atoms with E-state index in [0.29, 0.717) is 12.6 Å². The van der Waals surface area contributed by atoms with Crippen LogP contribution in [0.2, 0.25) is 0 Å². The van der Waals surface area contributed by atoms with Gasteiger partial charge in [-0.15, -0.1) is 0 Å². The summed E-state index contributed by atoms with van der Waals surface area (Å²) in [4.78, 5) is 0. The van der Waals surface area contributed by atoms with E-state index >= 15 is 0 Å². The second-order valence-corrected chi connectivity index (χ2v) is 7.95. The maximum absolute atomic E-state index is 10.8. The van der Waals surface area contributed by atoms with Crippen molar-refractivity contribution in [3.63, 3.8) is 0 Å². The van der Waals surface area contributed by atoms with E-state index in [4.69, 9.17) is 4.74 Å². The Balaban J connectivity index is 1.55. The Morgan fingerprint density at radius 1 is 1.07 bits per heavy atom. The summed E-state index contributed by atoms with van der Waals surface area (Å²) in [6, 6.07) is 19.5. The van der Waals surface area contributed by atoms with Crippen molar-refractivity contribution < 1.29 is 15.2 Å². The molecule has 2 aromatic carbocycles. The largest absolute Gasteiger partial charge is 0.497 e. The zero-order valence-corrected chi connectivity index (χ0v) is 16.7. The first-order chi connectivity index (χ1) is 13.7. The van der Waals surface area contributed by atoms with E-state index in [9.17, 15) is 5.11 Å². The third kappa shape index (κ3) is 4.23. The highest BCUT2D eigenvalue weighted by Crippen LogP contribution is 2.29. The van der Waals surface area contributed by atoms with Gasteiger partial charge in [0.05, 0.1) is 19.7 Å². The monoisotopic (exact) mass is 379 g/mol. The van der Waals surface area contributed by atoms with Crippen molar-refractivity contribution in [2.75, 3.05) is 13.7 Å². The highest BCUT2D eigenvalue weighted by Gasteiger charge is 2.19. The van der Waals surface area contributed by atoms with Crippen LogP contribution in [0.25, 0.3) is 22.2 Å². The summed E-state index contributed by atoms with van der Waals surface area (Å²) >= 11 is 0. The molecule has 148 valence electrons. The third-order valence-electron chi connectivity index (χ3n) is 5.98. The molecule has 3 N–H and O–H groups in total. The Morgan fingerprint density at radius 3 is 2.57 bits per heavy atom. The molecule has 28 heavy (non-hydrogen) atoms. The lowest BCUT2D eigenvalue weighted by Crippen LogP contribution is -2.92. The maximum Gasteiger partial charge on any atom is 0.121 e. The molecule has 4 nitrogen and oxygen atoms in total. The van der Waals surface area contributed by atoms with Gasteiger partial charge in [-0.05, 0) is 67.6 Å². The van der Waals surface area contributed by atoms with Gasteiger partial charge in [-0.25, -0.2) is 0 Å². The lowest BCUT2D eigenvalue weighted by molar-refractivity contribution is -0.697. The molecule has 0 bridgehead atoms. The number of aromatic nitrogens is 1. The molecule has 0 amide bonds. The quantitative estimate of drug-likeness (QED) is 0.659. The van der Waals surface area contributed by atoms with Crippen LogP contribution in [-0.2, 0) is 6.54 Å². The van der Waals surface area contributed by atoms with Crippen LogP contribution < -0.4 is 10.1 Å². The van der Waals surface area contributed by atoms with Crippen LogP contribution >= 0.6 is 0 Å². The van der Waals surface area contributed by atoms with Gasteiger partial charge in [0.25, 0.3) is 0 Å². The van der Waals surface area contributed by atoms with Gasteiger partial charge >= 0.3 is 0 Å². The number of hydrogen-bond acceptors (Lipinski definition) is 2. The average Bonchev–Trinajstić information content (AvgIpc) is 3.11. The third-order valence-corrected chi connectivity index (χ3v) is 5.98. The van der Waals surface area contributed by atoms with Gasteiger partial charge in [-0.1, -0.05) is 24.6 Å². The molecule has 0 aliphatic heterocycles. The van der Waals surface area contributed by atoms with Crippen LogP contribution in [0.4, 0.5) is 0 Å². The summed E-state index contributed by atoms with van der Waals surface area (Å²) in [6.45, 7) is 1.37. The Morgan fingerprint density at radius 2 is 1.82 bits per heavy atom. The average molecular weight is 380 g/mol. The number of rotatable bonds is 7. The van der Waals surface area contributed by atoms with E-state index in [1.54, 1.807) is 7.11 Å². The SMILES string of the molecule is COc1ccc(-c2cc3ccccc3n2CC(O)C[NH2+]C2CCCCC2)cc1. The Kier molecular flexibility index (Phi) is 5.98.